The van der Waals surface area contributed by atoms with Gasteiger partial charge in [0.05, 0.1) is 0 Å². The van der Waals surface area contributed by atoms with Crippen molar-refractivity contribution in [2.75, 3.05) is 0 Å². The lowest BCUT2D eigenvalue weighted by molar-refractivity contribution is 1.07. The standard InChI is InChI=1S/C18H15N/c1-11-9-17-16(12(2)19-11)10-14-8-7-13-5-3-4-6-15(13)18(14)17/h3-9H,10H2,1-2H3. The predicted molar refractivity (Wildman–Crippen MR) is 79.5 cm³/mol. The summed E-state index contributed by atoms with van der Waals surface area (Å²) < 4.78 is 0. The van der Waals surface area contributed by atoms with Gasteiger partial charge < -0.3 is 0 Å². The summed E-state index contributed by atoms with van der Waals surface area (Å²) in [5.41, 5.74) is 7.92. The van der Waals surface area contributed by atoms with E-state index in [2.05, 4.69) is 61.3 Å². The van der Waals surface area contributed by atoms with Gasteiger partial charge in [0.25, 0.3) is 0 Å². The third-order valence-corrected chi connectivity index (χ3v) is 4.11. The zero-order valence-electron chi connectivity index (χ0n) is 11.2. The fourth-order valence-electron chi connectivity index (χ4n) is 3.27. The van der Waals surface area contributed by atoms with Crippen molar-refractivity contribution in [3.63, 3.8) is 0 Å². The minimum absolute atomic E-state index is 1.02. The molecule has 0 radical (unpaired) electrons. The highest BCUT2D eigenvalue weighted by atomic mass is 14.7. The summed E-state index contributed by atoms with van der Waals surface area (Å²) in [7, 11) is 0. The first-order valence-corrected chi connectivity index (χ1v) is 6.72. The summed E-state index contributed by atoms with van der Waals surface area (Å²) in [6.45, 7) is 4.20. The maximum Gasteiger partial charge on any atom is 0.0417 e. The predicted octanol–water partition coefficient (Wildman–Crippen LogP) is 4.42. The van der Waals surface area contributed by atoms with Crippen molar-refractivity contribution in [1.82, 2.24) is 4.98 Å². The lowest BCUT2D eigenvalue weighted by atomic mass is 9.98. The van der Waals surface area contributed by atoms with Crippen LogP contribution in [-0.4, -0.2) is 4.98 Å². The van der Waals surface area contributed by atoms with E-state index in [0.29, 0.717) is 0 Å². The van der Waals surface area contributed by atoms with Gasteiger partial charge in [-0.15, -0.1) is 0 Å². The number of benzene rings is 2. The molecule has 0 spiro atoms. The van der Waals surface area contributed by atoms with Crippen molar-refractivity contribution < 1.29 is 0 Å². The maximum atomic E-state index is 4.61. The van der Waals surface area contributed by atoms with E-state index >= 15 is 0 Å². The zero-order valence-corrected chi connectivity index (χ0v) is 11.2. The molecule has 2 aromatic carbocycles. The van der Waals surface area contributed by atoms with Gasteiger partial charge in [-0.3, -0.25) is 4.98 Å². The van der Waals surface area contributed by atoms with Crippen LogP contribution in [0.25, 0.3) is 21.9 Å². The van der Waals surface area contributed by atoms with Crippen LogP contribution in [0.15, 0.2) is 42.5 Å². The van der Waals surface area contributed by atoms with Crippen molar-refractivity contribution in [2.24, 2.45) is 0 Å². The average Bonchev–Trinajstić information content (AvgIpc) is 2.78. The zero-order chi connectivity index (χ0) is 13.0. The Morgan fingerprint density at radius 3 is 2.74 bits per heavy atom. The normalized spacial score (nSPS) is 12.5. The minimum Gasteiger partial charge on any atom is -0.258 e. The van der Waals surface area contributed by atoms with E-state index in [0.717, 1.165) is 12.1 Å². The summed E-state index contributed by atoms with van der Waals surface area (Å²) in [6, 6.07) is 15.4. The molecule has 4 rings (SSSR count). The second-order valence-corrected chi connectivity index (χ2v) is 5.37. The van der Waals surface area contributed by atoms with Gasteiger partial charge in [-0.2, -0.15) is 0 Å². The van der Waals surface area contributed by atoms with Crippen LogP contribution < -0.4 is 0 Å². The van der Waals surface area contributed by atoms with E-state index in [1.807, 2.05) is 0 Å². The molecule has 1 heteroatoms. The quantitative estimate of drug-likeness (QED) is 0.447. The van der Waals surface area contributed by atoms with Crippen molar-refractivity contribution in [1.29, 1.82) is 0 Å². The Kier molecular flexibility index (Phi) is 2.08. The van der Waals surface area contributed by atoms with Crippen LogP contribution in [0, 0.1) is 13.8 Å². The van der Waals surface area contributed by atoms with Crippen molar-refractivity contribution >= 4 is 10.8 Å². The van der Waals surface area contributed by atoms with E-state index in [9.17, 15) is 0 Å². The summed E-state index contributed by atoms with van der Waals surface area (Å²) in [6.07, 6.45) is 1.02. The third kappa shape index (κ3) is 1.45. The summed E-state index contributed by atoms with van der Waals surface area (Å²) in [5, 5.41) is 2.69. The molecule has 0 saturated carbocycles. The number of rotatable bonds is 0. The Bertz CT molecular complexity index is 815. The highest BCUT2D eigenvalue weighted by Gasteiger charge is 2.22. The summed E-state index contributed by atoms with van der Waals surface area (Å²) in [4.78, 5) is 4.61. The van der Waals surface area contributed by atoms with Gasteiger partial charge in [-0.1, -0.05) is 36.4 Å². The smallest absolute Gasteiger partial charge is 0.0417 e. The Morgan fingerprint density at radius 1 is 1.00 bits per heavy atom. The van der Waals surface area contributed by atoms with Crippen molar-refractivity contribution in [3.8, 4) is 11.1 Å². The number of aryl methyl sites for hydroxylation is 2. The molecular weight excluding hydrogens is 230 g/mol. The molecule has 0 bridgehead atoms. The monoisotopic (exact) mass is 245 g/mol. The number of fused-ring (bicyclic) bond motifs is 5. The van der Waals surface area contributed by atoms with E-state index in [1.54, 1.807) is 0 Å². The van der Waals surface area contributed by atoms with Crippen LogP contribution in [0.2, 0.25) is 0 Å². The second kappa shape index (κ2) is 3.67. The topological polar surface area (TPSA) is 12.9 Å². The molecule has 1 aliphatic rings. The van der Waals surface area contributed by atoms with Gasteiger partial charge in [0, 0.05) is 17.8 Å². The van der Waals surface area contributed by atoms with Crippen molar-refractivity contribution in [3.05, 3.63) is 65.0 Å². The number of hydrogen-bond donors (Lipinski definition) is 0. The van der Waals surface area contributed by atoms with Crippen LogP contribution in [-0.2, 0) is 6.42 Å². The van der Waals surface area contributed by atoms with Gasteiger partial charge in [0.2, 0.25) is 0 Å². The molecule has 0 aliphatic heterocycles. The molecule has 0 N–H and O–H groups in total. The first-order chi connectivity index (χ1) is 9.24. The van der Waals surface area contributed by atoms with E-state index in [4.69, 9.17) is 0 Å². The molecule has 0 unspecified atom stereocenters. The first kappa shape index (κ1) is 10.7. The molecule has 1 aliphatic carbocycles. The van der Waals surface area contributed by atoms with E-state index in [1.165, 1.54) is 38.7 Å². The summed E-state index contributed by atoms with van der Waals surface area (Å²) in [5.74, 6) is 0. The largest absolute Gasteiger partial charge is 0.258 e. The average molecular weight is 245 g/mol. The second-order valence-electron chi connectivity index (χ2n) is 5.37. The van der Waals surface area contributed by atoms with Gasteiger partial charge in [-0.25, -0.2) is 0 Å². The number of nitrogens with zero attached hydrogens (tertiary/aromatic N) is 1. The van der Waals surface area contributed by atoms with Crippen LogP contribution in [0.1, 0.15) is 22.5 Å². The number of hydrogen-bond acceptors (Lipinski definition) is 1. The molecular formula is C18H15N. The molecule has 3 aromatic rings. The Hall–Kier alpha value is -2.15. The lowest BCUT2D eigenvalue weighted by Crippen LogP contribution is -1.93. The Balaban J connectivity index is 2.15. The molecule has 92 valence electrons. The fourth-order valence-corrected chi connectivity index (χ4v) is 3.27. The minimum atomic E-state index is 1.02. The van der Waals surface area contributed by atoms with Crippen LogP contribution >= 0.6 is 0 Å². The third-order valence-electron chi connectivity index (χ3n) is 4.11. The Morgan fingerprint density at radius 2 is 1.84 bits per heavy atom. The van der Waals surface area contributed by atoms with Crippen LogP contribution in [0.4, 0.5) is 0 Å². The van der Waals surface area contributed by atoms with E-state index < -0.39 is 0 Å². The molecule has 0 atom stereocenters. The molecule has 19 heavy (non-hydrogen) atoms. The van der Waals surface area contributed by atoms with Crippen molar-refractivity contribution in [2.45, 2.75) is 20.3 Å². The molecule has 1 nitrogen and oxygen atoms in total. The molecule has 1 heterocycles. The molecule has 0 fully saturated rings. The molecule has 1 aromatic heterocycles. The maximum absolute atomic E-state index is 4.61. The van der Waals surface area contributed by atoms with Gasteiger partial charge in [0.1, 0.15) is 0 Å². The van der Waals surface area contributed by atoms with E-state index in [-0.39, 0.29) is 0 Å². The van der Waals surface area contributed by atoms with Gasteiger partial charge >= 0.3 is 0 Å². The van der Waals surface area contributed by atoms with Gasteiger partial charge in [-0.05, 0) is 52.9 Å². The fraction of sp³-hybridized carbons (Fsp3) is 0.167. The van der Waals surface area contributed by atoms with Gasteiger partial charge in [0.15, 0.2) is 0 Å². The van der Waals surface area contributed by atoms with Crippen LogP contribution in [0.5, 0.6) is 0 Å². The number of aromatic nitrogens is 1. The SMILES string of the molecule is Cc1cc2c(c(C)n1)Cc1ccc3ccccc3c1-2. The molecule has 0 amide bonds. The first-order valence-electron chi connectivity index (χ1n) is 6.72. The van der Waals surface area contributed by atoms with Crippen LogP contribution in [0.3, 0.4) is 0 Å². The number of pyridine rings is 1. The highest BCUT2D eigenvalue weighted by molar-refractivity contribution is 6.01. The highest BCUT2D eigenvalue weighted by Crippen LogP contribution is 2.42. The lowest BCUT2D eigenvalue weighted by Gasteiger charge is -2.08. The molecule has 0 saturated heterocycles. The summed E-state index contributed by atoms with van der Waals surface area (Å²) >= 11 is 0. The Labute approximate surface area is 112 Å².